The van der Waals surface area contributed by atoms with Gasteiger partial charge in [0.1, 0.15) is 17.6 Å². The standard InChI is InChI=1S/C36H48N4O6/c1-4-5-6-21-37-36(43)38-28-9-18-34(35(26-28)44-3)46-32-16-12-30(13-17-32)40(27(2)42)29-10-14-31(15-11-29)45-33-19-23-39(24-20-33)22-7-8-25-41/h9-18,26,33,41H,4-8,19-25H2,1-3H3,(H2,37,38,43). The van der Waals surface area contributed by atoms with Crippen molar-refractivity contribution in [3.05, 3.63) is 66.7 Å². The number of aliphatic hydroxyl groups excluding tert-OH is 1. The number of amides is 3. The van der Waals surface area contributed by atoms with E-state index in [1.165, 1.54) is 6.92 Å². The summed E-state index contributed by atoms with van der Waals surface area (Å²) in [6, 6.07) is 19.8. The fourth-order valence-electron chi connectivity index (χ4n) is 5.45. The fourth-order valence-corrected chi connectivity index (χ4v) is 5.45. The maximum absolute atomic E-state index is 12.7. The van der Waals surface area contributed by atoms with Gasteiger partial charge in [-0.15, -0.1) is 0 Å². The van der Waals surface area contributed by atoms with Crippen molar-refractivity contribution >= 4 is 29.0 Å². The van der Waals surface area contributed by atoms with Crippen molar-refractivity contribution in [1.29, 1.82) is 0 Å². The summed E-state index contributed by atoms with van der Waals surface area (Å²) in [4.78, 5) is 29.0. The molecule has 0 aromatic heterocycles. The highest BCUT2D eigenvalue weighted by Crippen LogP contribution is 2.35. The lowest BCUT2D eigenvalue weighted by Crippen LogP contribution is -2.38. The lowest BCUT2D eigenvalue weighted by molar-refractivity contribution is -0.115. The normalized spacial score (nSPS) is 13.6. The zero-order chi connectivity index (χ0) is 32.7. The number of anilines is 3. The van der Waals surface area contributed by atoms with E-state index in [4.69, 9.17) is 19.3 Å². The van der Waals surface area contributed by atoms with E-state index in [0.29, 0.717) is 35.2 Å². The first-order chi connectivity index (χ1) is 22.4. The number of hydrogen-bond donors (Lipinski definition) is 3. The number of hydrogen-bond acceptors (Lipinski definition) is 7. The number of nitrogens with zero attached hydrogens (tertiary/aromatic N) is 2. The molecule has 3 aromatic rings. The predicted molar refractivity (Wildman–Crippen MR) is 182 cm³/mol. The molecule has 0 bridgehead atoms. The van der Waals surface area contributed by atoms with E-state index in [1.807, 2.05) is 36.4 Å². The first-order valence-corrected chi connectivity index (χ1v) is 16.3. The van der Waals surface area contributed by atoms with Gasteiger partial charge in [0.05, 0.1) is 7.11 Å². The molecule has 248 valence electrons. The van der Waals surface area contributed by atoms with Crippen LogP contribution < -0.4 is 29.7 Å². The minimum atomic E-state index is -0.262. The molecule has 3 amide bonds. The Morgan fingerprint density at radius 2 is 1.57 bits per heavy atom. The molecule has 1 aliphatic rings. The molecule has 3 N–H and O–H groups in total. The summed E-state index contributed by atoms with van der Waals surface area (Å²) in [5, 5.41) is 14.7. The maximum Gasteiger partial charge on any atom is 0.319 e. The summed E-state index contributed by atoms with van der Waals surface area (Å²) in [6.45, 7) is 7.56. The average molecular weight is 633 g/mol. The molecular weight excluding hydrogens is 584 g/mol. The topological polar surface area (TPSA) is 113 Å². The van der Waals surface area contributed by atoms with Crippen LogP contribution in [0.25, 0.3) is 0 Å². The summed E-state index contributed by atoms with van der Waals surface area (Å²) >= 11 is 0. The second-order valence-electron chi connectivity index (χ2n) is 11.5. The molecule has 1 saturated heterocycles. The molecule has 0 spiro atoms. The number of aliphatic hydroxyl groups is 1. The van der Waals surface area contributed by atoms with Gasteiger partial charge in [0.25, 0.3) is 0 Å². The summed E-state index contributed by atoms with van der Waals surface area (Å²) in [5.41, 5.74) is 2.04. The molecule has 1 heterocycles. The van der Waals surface area contributed by atoms with E-state index in [2.05, 4.69) is 22.5 Å². The van der Waals surface area contributed by atoms with Crippen LogP contribution in [0.15, 0.2) is 66.7 Å². The number of urea groups is 1. The Morgan fingerprint density at radius 1 is 0.891 bits per heavy atom. The van der Waals surface area contributed by atoms with Crippen LogP contribution >= 0.6 is 0 Å². The van der Waals surface area contributed by atoms with Crippen molar-refractivity contribution in [2.75, 3.05) is 50.1 Å². The number of carbonyl (C=O) groups excluding carboxylic acids is 2. The van der Waals surface area contributed by atoms with E-state index in [9.17, 15) is 9.59 Å². The van der Waals surface area contributed by atoms with Gasteiger partial charge in [-0.3, -0.25) is 9.69 Å². The van der Waals surface area contributed by atoms with Gasteiger partial charge >= 0.3 is 6.03 Å². The summed E-state index contributed by atoms with van der Waals surface area (Å²) in [6.07, 6.45) is 7.09. The van der Waals surface area contributed by atoms with Gasteiger partial charge in [-0.1, -0.05) is 19.8 Å². The van der Waals surface area contributed by atoms with Crippen LogP contribution in [0.5, 0.6) is 23.0 Å². The zero-order valence-corrected chi connectivity index (χ0v) is 27.3. The van der Waals surface area contributed by atoms with Crippen LogP contribution in [0, 0.1) is 0 Å². The van der Waals surface area contributed by atoms with Gasteiger partial charge in [-0.2, -0.15) is 0 Å². The van der Waals surface area contributed by atoms with Crippen LogP contribution in [0.1, 0.15) is 58.8 Å². The first kappa shape index (κ1) is 34.6. The van der Waals surface area contributed by atoms with Crippen molar-refractivity contribution in [2.24, 2.45) is 0 Å². The quantitative estimate of drug-likeness (QED) is 0.144. The van der Waals surface area contributed by atoms with Crippen molar-refractivity contribution in [2.45, 2.75) is 64.9 Å². The average Bonchev–Trinajstić information content (AvgIpc) is 3.06. The molecule has 1 fully saturated rings. The molecule has 0 unspecified atom stereocenters. The van der Waals surface area contributed by atoms with E-state index >= 15 is 0 Å². The Hall–Kier alpha value is -4.28. The van der Waals surface area contributed by atoms with Gasteiger partial charge in [-0.05, 0) is 99.3 Å². The Kier molecular flexibility index (Phi) is 13.5. The Balaban J connectivity index is 1.33. The Morgan fingerprint density at radius 3 is 2.17 bits per heavy atom. The lowest BCUT2D eigenvalue weighted by atomic mass is 10.1. The Labute approximate surface area is 272 Å². The molecule has 3 aromatic carbocycles. The van der Waals surface area contributed by atoms with Gasteiger partial charge < -0.3 is 34.9 Å². The smallest absolute Gasteiger partial charge is 0.319 e. The first-order valence-electron chi connectivity index (χ1n) is 16.3. The maximum atomic E-state index is 12.7. The monoisotopic (exact) mass is 632 g/mol. The number of carbonyl (C=O) groups is 2. The van der Waals surface area contributed by atoms with Crippen molar-refractivity contribution in [3.63, 3.8) is 0 Å². The minimum absolute atomic E-state index is 0.116. The number of benzene rings is 3. The van der Waals surface area contributed by atoms with Crippen molar-refractivity contribution < 1.29 is 28.9 Å². The molecule has 0 aliphatic carbocycles. The number of rotatable bonds is 16. The third-order valence-electron chi connectivity index (χ3n) is 7.94. The van der Waals surface area contributed by atoms with Crippen LogP contribution in [-0.2, 0) is 4.79 Å². The molecule has 0 saturated carbocycles. The highest BCUT2D eigenvalue weighted by molar-refractivity contribution is 5.99. The number of piperidine rings is 1. The molecule has 0 radical (unpaired) electrons. The van der Waals surface area contributed by atoms with Gasteiger partial charge in [0.15, 0.2) is 11.5 Å². The minimum Gasteiger partial charge on any atom is -0.493 e. The fraction of sp³-hybridized carbons (Fsp3) is 0.444. The number of nitrogens with one attached hydrogen (secondary N) is 2. The van der Waals surface area contributed by atoms with Gasteiger partial charge in [0.2, 0.25) is 5.91 Å². The molecule has 1 aliphatic heterocycles. The van der Waals surface area contributed by atoms with E-state index in [1.54, 1.807) is 42.3 Å². The predicted octanol–water partition coefficient (Wildman–Crippen LogP) is 7.10. The molecule has 10 heteroatoms. The van der Waals surface area contributed by atoms with Crippen LogP contribution in [0.2, 0.25) is 0 Å². The lowest BCUT2D eigenvalue weighted by Gasteiger charge is -2.32. The van der Waals surface area contributed by atoms with Crippen LogP contribution in [-0.4, -0.2) is 67.9 Å². The summed E-state index contributed by atoms with van der Waals surface area (Å²) in [7, 11) is 1.55. The molecule has 46 heavy (non-hydrogen) atoms. The molecule has 4 rings (SSSR count). The third kappa shape index (κ3) is 10.4. The molecule has 0 atom stereocenters. The van der Waals surface area contributed by atoms with Crippen LogP contribution in [0.3, 0.4) is 0 Å². The summed E-state index contributed by atoms with van der Waals surface area (Å²) in [5.74, 6) is 2.22. The second-order valence-corrected chi connectivity index (χ2v) is 11.5. The molecular formula is C36H48N4O6. The van der Waals surface area contributed by atoms with E-state index < -0.39 is 0 Å². The summed E-state index contributed by atoms with van der Waals surface area (Å²) < 4.78 is 17.9. The third-order valence-corrected chi connectivity index (χ3v) is 7.94. The van der Waals surface area contributed by atoms with Crippen molar-refractivity contribution in [3.8, 4) is 23.0 Å². The Bertz CT molecular complexity index is 1370. The molecule has 10 nitrogen and oxygen atoms in total. The highest BCUT2D eigenvalue weighted by Gasteiger charge is 2.21. The zero-order valence-electron chi connectivity index (χ0n) is 27.3. The van der Waals surface area contributed by atoms with Gasteiger partial charge in [-0.25, -0.2) is 4.79 Å². The highest BCUT2D eigenvalue weighted by atomic mass is 16.5. The van der Waals surface area contributed by atoms with E-state index in [0.717, 1.165) is 76.0 Å². The number of likely N-dealkylation sites (tertiary alicyclic amines) is 1. The van der Waals surface area contributed by atoms with Gasteiger partial charge in [0, 0.05) is 56.3 Å². The van der Waals surface area contributed by atoms with Crippen LogP contribution in [0.4, 0.5) is 21.9 Å². The SMILES string of the molecule is CCCCCNC(=O)Nc1ccc(Oc2ccc(N(C(C)=O)c3ccc(OC4CCN(CCCCO)CC4)cc3)cc2)c(OC)c1. The number of methoxy groups -OCH3 is 1. The number of unbranched alkanes of at least 4 members (excludes halogenated alkanes) is 3. The van der Waals surface area contributed by atoms with Crippen molar-refractivity contribution in [1.82, 2.24) is 10.2 Å². The largest absolute Gasteiger partial charge is 0.493 e. The second kappa shape index (κ2) is 18.0. The number of ether oxygens (including phenoxy) is 3. The van der Waals surface area contributed by atoms with E-state index in [-0.39, 0.29) is 24.6 Å².